The number of hydrogen-bond acceptors (Lipinski definition) is 4. The van der Waals surface area contributed by atoms with Gasteiger partial charge in [0, 0.05) is 13.2 Å². The Morgan fingerprint density at radius 2 is 1.95 bits per heavy atom. The van der Waals surface area contributed by atoms with Crippen LogP contribution in [0.2, 0.25) is 0 Å². The topological polar surface area (TPSA) is 53.7 Å². The lowest BCUT2D eigenvalue weighted by molar-refractivity contribution is 0.0894. The van der Waals surface area contributed by atoms with Crippen LogP contribution in [0.4, 0.5) is 0 Å². The largest absolute Gasteiger partial charge is 0.490 e. The molecule has 114 valence electrons. The molecule has 4 heteroatoms. The summed E-state index contributed by atoms with van der Waals surface area (Å²) in [5.41, 5.74) is 7.17. The first-order valence-electron chi connectivity index (χ1n) is 7.27. The molecule has 2 atom stereocenters. The Hall–Kier alpha value is -1.26. The molecule has 0 heterocycles. The van der Waals surface area contributed by atoms with Crippen molar-refractivity contribution in [3.8, 4) is 11.5 Å². The van der Waals surface area contributed by atoms with Crippen molar-refractivity contribution in [1.82, 2.24) is 0 Å². The lowest BCUT2D eigenvalue weighted by Crippen LogP contribution is -2.21. The second kappa shape index (κ2) is 8.82. The van der Waals surface area contributed by atoms with Crippen molar-refractivity contribution in [2.75, 3.05) is 20.3 Å². The molecule has 0 aliphatic carbocycles. The zero-order valence-electron chi connectivity index (χ0n) is 13.0. The third kappa shape index (κ3) is 5.39. The van der Waals surface area contributed by atoms with Gasteiger partial charge >= 0.3 is 0 Å². The predicted octanol–water partition coefficient (Wildman–Crippen LogP) is 2.78. The molecule has 0 bridgehead atoms. The van der Waals surface area contributed by atoms with E-state index in [0.717, 1.165) is 24.3 Å². The van der Waals surface area contributed by atoms with Gasteiger partial charge in [0.1, 0.15) is 6.10 Å². The molecular weight excluding hydrogens is 254 g/mol. The molecule has 0 amide bonds. The van der Waals surface area contributed by atoms with Crippen LogP contribution in [0.25, 0.3) is 0 Å². The Balaban J connectivity index is 2.83. The summed E-state index contributed by atoms with van der Waals surface area (Å²) in [5.74, 6) is 1.53. The molecule has 0 spiro atoms. The maximum absolute atomic E-state index is 6.00. The molecule has 0 aliphatic heterocycles. The van der Waals surface area contributed by atoms with E-state index in [0.29, 0.717) is 13.2 Å². The summed E-state index contributed by atoms with van der Waals surface area (Å²) in [5, 5.41) is 0. The highest BCUT2D eigenvalue weighted by atomic mass is 16.5. The Kier molecular flexibility index (Phi) is 7.41. The number of ether oxygens (including phenoxy) is 3. The van der Waals surface area contributed by atoms with Crippen LogP contribution < -0.4 is 15.2 Å². The van der Waals surface area contributed by atoms with E-state index in [-0.39, 0.29) is 12.1 Å². The predicted molar refractivity (Wildman–Crippen MR) is 81.5 cm³/mol. The summed E-state index contributed by atoms with van der Waals surface area (Å²) in [6.45, 7) is 7.19. The fourth-order valence-electron chi connectivity index (χ4n) is 1.98. The van der Waals surface area contributed by atoms with Crippen LogP contribution >= 0.6 is 0 Å². The maximum Gasteiger partial charge on any atom is 0.161 e. The van der Waals surface area contributed by atoms with Crippen molar-refractivity contribution < 1.29 is 14.2 Å². The van der Waals surface area contributed by atoms with Gasteiger partial charge in [-0.3, -0.25) is 0 Å². The van der Waals surface area contributed by atoms with E-state index < -0.39 is 0 Å². The quantitative estimate of drug-likeness (QED) is 0.756. The molecule has 0 aliphatic rings. The van der Waals surface area contributed by atoms with E-state index >= 15 is 0 Å². The minimum Gasteiger partial charge on any atom is -0.490 e. The molecule has 1 rings (SSSR count). The number of rotatable bonds is 9. The van der Waals surface area contributed by atoms with Gasteiger partial charge in [-0.05, 0) is 44.4 Å². The summed E-state index contributed by atoms with van der Waals surface area (Å²) in [4.78, 5) is 0. The van der Waals surface area contributed by atoms with Gasteiger partial charge in [0.15, 0.2) is 11.5 Å². The zero-order valence-corrected chi connectivity index (χ0v) is 13.0. The Morgan fingerprint density at radius 1 is 1.20 bits per heavy atom. The maximum atomic E-state index is 6.00. The van der Waals surface area contributed by atoms with Gasteiger partial charge < -0.3 is 19.9 Å². The van der Waals surface area contributed by atoms with Crippen molar-refractivity contribution in [3.05, 3.63) is 23.8 Å². The lowest BCUT2D eigenvalue weighted by Gasteiger charge is -2.18. The number of benzene rings is 1. The number of hydrogen-bond donors (Lipinski definition) is 1. The van der Waals surface area contributed by atoms with Crippen LogP contribution in [0.3, 0.4) is 0 Å². The molecule has 0 fully saturated rings. The van der Waals surface area contributed by atoms with Gasteiger partial charge in [0.05, 0.1) is 13.2 Å². The van der Waals surface area contributed by atoms with Gasteiger partial charge in [0.25, 0.3) is 0 Å². The van der Waals surface area contributed by atoms with Gasteiger partial charge in [-0.25, -0.2) is 0 Å². The normalized spacial score (nSPS) is 13.8. The van der Waals surface area contributed by atoms with Gasteiger partial charge in [-0.15, -0.1) is 0 Å². The van der Waals surface area contributed by atoms with E-state index in [9.17, 15) is 0 Å². The first kappa shape index (κ1) is 16.8. The van der Waals surface area contributed by atoms with Crippen LogP contribution in [-0.4, -0.2) is 32.5 Å². The molecule has 0 saturated heterocycles. The molecule has 4 nitrogen and oxygen atoms in total. The first-order valence-corrected chi connectivity index (χ1v) is 7.27. The standard InChI is InChI=1S/C16H27NO3/c1-5-14(17)9-13-7-8-15(16(10-13)19-6-2)20-12(3)11-18-4/h7-8,10,12,14H,5-6,9,11,17H2,1-4H3. The molecule has 0 saturated carbocycles. The lowest BCUT2D eigenvalue weighted by atomic mass is 10.0. The molecule has 1 aromatic carbocycles. The Morgan fingerprint density at radius 3 is 2.55 bits per heavy atom. The smallest absolute Gasteiger partial charge is 0.161 e. The van der Waals surface area contributed by atoms with Crippen molar-refractivity contribution >= 4 is 0 Å². The van der Waals surface area contributed by atoms with Crippen LogP contribution in [-0.2, 0) is 11.2 Å². The van der Waals surface area contributed by atoms with Crippen LogP contribution in [0.5, 0.6) is 11.5 Å². The summed E-state index contributed by atoms with van der Waals surface area (Å²) in [6, 6.07) is 6.21. The Labute approximate surface area is 122 Å². The minimum atomic E-state index is -0.0112. The molecular formula is C16H27NO3. The van der Waals surface area contributed by atoms with Crippen molar-refractivity contribution in [2.24, 2.45) is 5.73 Å². The van der Waals surface area contributed by atoms with Crippen molar-refractivity contribution in [3.63, 3.8) is 0 Å². The number of nitrogens with two attached hydrogens (primary N) is 1. The summed E-state index contributed by atoms with van der Waals surface area (Å²) < 4.78 is 16.6. The molecule has 1 aromatic rings. The second-order valence-corrected chi connectivity index (χ2v) is 4.97. The van der Waals surface area contributed by atoms with Gasteiger partial charge in [0.2, 0.25) is 0 Å². The number of methoxy groups -OCH3 is 1. The van der Waals surface area contributed by atoms with E-state index in [2.05, 4.69) is 6.92 Å². The molecule has 0 radical (unpaired) electrons. The van der Waals surface area contributed by atoms with E-state index in [4.69, 9.17) is 19.9 Å². The van der Waals surface area contributed by atoms with E-state index in [1.54, 1.807) is 7.11 Å². The summed E-state index contributed by atoms with van der Waals surface area (Å²) in [7, 11) is 1.67. The highest BCUT2D eigenvalue weighted by Crippen LogP contribution is 2.30. The molecule has 2 unspecified atom stereocenters. The average Bonchev–Trinajstić information content (AvgIpc) is 2.42. The molecule has 20 heavy (non-hydrogen) atoms. The minimum absolute atomic E-state index is 0.0112. The van der Waals surface area contributed by atoms with Crippen molar-refractivity contribution in [1.29, 1.82) is 0 Å². The van der Waals surface area contributed by atoms with Crippen molar-refractivity contribution in [2.45, 2.75) is 45.8 Å². The third-order valence-electron chi connectivity index (χ3n) is 3.06. The molecule has 0 aromatic heterocycles. The summed E-state index contributed by atoms with van der Waals surface area (Å²) >= 11 is 0. The SMILES string of the molecule is CCOc1cc(CC(N)CC)ccc1OC(C)COC. The van der Waals surface area contributed by atoms with E-state index in [1.165, 1.54) is 5.56 Å². The summed E-state index contributed by atoms with van der Waals surface area (Å²) in [6.07, 6.45) is 1.81. The van der Waals surface area contributed by atoms with Crippen LogP contribution in [0.15, 0.2) is 18.2 Å². The molecule has 2 N–H and O–H groups in total. The first-order chi connectivity index (χ1) is 9.60. The van der Waals surface area contributed by atoms with Crippen LogP contribution in [0.1, 0.15) is 32.8 Å². The highest BCUT2D eigenvalue weighted by molar-refractivity contribution is 5.43. The monoisotopic (exact) mass is 281 g/mol. The van der Waals surface area contributed by atoms with E-state index in [1.807, 2.05) is 32.0 Å². The Bertz CT molecular complexity index is 395. The second-order valence-electron chi connectivity index (χ2n) is 4.97. The highest BCUT2D eigenvalue weighted by Gasteiger charge is 2.11. The van der Waals surface area contributed by atoms with Crippen LogP contribution in [0, 0.1) is 0 Å². The fourth-order valence-corrected chi connectivity index (χ4v) is 1.98. The van der Waals surface area contributed by atoms with Gasteiger partial charge in [-0.2, -0.15) is 0 Å². The fraction of sp³-hybridized carbons (Fsp3) is 0.625. The van der Waals surface area contributed by atoms with Gasteiger partial charge in [-0.1, -0.05) is 13.0 Å². The third-order valence-corrected chi connectivity index (χ3v) is 3.06. The zero-order chi connectivity index (χ0) is 15.0. The average molecular weight is 281 g/mol.